The molecule has 1 aromatic heterocycles. The van der Waals surface area contributed by atoms with Gasteiger partial charge in [0.2, 0.25) is 0 Å². The van der Waals surface area contributed by atoms with Crippen molar-refractivity contribution in [1.82, 2.24) is 4.98 Å². The monoisotopic (exact) mass is 268 g/mol. The number of esters is 1. The summed E-state index contributed by atoms with van der Waals surface area (Å²) in [7, 11) is 1.41. The van der Waals surface area contributed by atoms with Crippen molar-refractivity contribution in [3.63, 3.8) is 0 Å². The highest BCUT2D eigenvalue weighted by atomic mass is 32.1. The molecule has 5 heteroatoms. The Balaban J connectivity index is 1.75. The van der Waals surface area contributed by atoms with E-state index in [4.69, 9.17) is 0 Å². The van der Waals surface area contributed by atoms with Crippen LogP contribution in [-0.2, 0) is 16.0 Å². The number of nitrogens with zero attached hydrogens (tertiary/aromatic N) is 1. The number of carbonyl (C=O) groups is 1. The van der Waals surface area contributed by atoms with Crippen molar-refractivity contribution in [2.75, 3.05) is 12.4 Å². The van der Waals surface area contributed by atoms with Crippen molar-refractivity contribution in [2.24, 2.45) is 5.92 Å². The second kappa shape index (κ2) is 6.18. The lowest BCUT2D eigenvalue weighted by molar-refractivity contribution is -0.140. The standard InChI is InChI=1S/C13H20N2O2S/c1-3-4-9-7-11(9)15-13-14-10(8-18-13)5-6-12(16)17-2/h8-9,11H,3-7H2,1-2H3,(H,14,15). The molecule has 0 saturated heterocycles. The molecule has 0 amide bonds. The molecule has 0 aliphatic heterocycles. The molecule has 2 atom stereocenters. The van der Waals surface area contributed by atoms with Crippen LogP contribution in [0.4, 0.5) is 5.13 Å². The lowest BCUT2D eigenvalue weighted by Gasteiger charge is -2.00. The molecule has 4 nitrogen and oxygen atoms in total. The molecule has 0 radical (unpaired) electrons. The molecule has 2 unspecified atom stereocenters. The largest absolute Gasteiger partial charge is 0.469 e. The van der Waals surface area contributed by atoms with Gasteiger partial charge in [0.1, 0.15) is 0 Å². The summed E-state index contributed by atoms with van der Waals surface area (Å²) in [6.07, 6.45) is 4.89. The molecule has 0 spiro atoms. The van der Waals surface area contributed by atoms with E-state index in [1.54, 1.807) is 11.3 Å². The minimum absolute atomic E-state index is 0.178. The molecule has 0 aromatic carbocycles. The molecule has 1 aliphatic carbocycles. The summed E-state index contributed by atoms with van der Waals surface area (Å²) >= 11 is 1.62. The van der Waals surface area contributed by atoms with Crippen LogP contribution in [0.3, 0.4) is 0 Å². The summed E-state index contributed by atoms with van der Waals surface area (Å²) in [6, 6.07) is 0.615. The van der Waals surface area contributed by atoms with Gasteiger partial charge in [-0.1, -0.05) is 13.3 Å². The normalized spacial score (nSPS) is 21.7. The van der Waals surface area contributed by atoms with E-state index >= 15 is 0 Å². The summed E-state index contributed by atoms with van der Waals surface area (Å²) in [5, 5.41) is 6.47. The van der Waals surface area contributed by atoms with Crippen LogP contribution in [0.2, 0.25) is 0 Å². The third-order valence-electron chi connectivity index (χ3n) is 3.26. The van der Waals surface area contributed by atoms with Gasteiger partial charge in [0.25, 0.3) is 0 Å². The fourth-order valence-corrected chi connectivity index (χ4v) is 2.90. The van der Waals surface area contributed by atoms with Crippen LogP contribution in [0.15, 0.2) is 5.38 Å². The minimum Gasteiger partial charge on any atom is -0.469 e. The highest BCUT2D eigenvalue weighted by molar-refractivity contribution is 7.13. The van der Waals surface area contributed by atoms with E-state index in [2.05, 4.69) is 22.0 Å². The lowest BCUT2D eigenvalue weighted by Crippen LogP contribution is -2.05. The molecule has 1 saturated carbocycles. The quantitative estimate of drug-likeness (QED) is 0.773. The van der Waals surface area contributed by atoms with Crippen LogP contribution in [0.25, 0.3) is 0 Å². The van der Waals surface area contributed by atoms with Gasteiger partial charge in [-0.15, -0.1) is 11.3 Å². The Bertz CT molecular complexity index is 405. The van der Waals surface area contributed by atoms with Crippen LogP contribution >= 0.6 is 11.3 Å². The average Bonchev–Trinajstić information content (AvgIpc) is 2.92. The molecule has 1 heterocycles. The fraction of sp³-hybridized carbons (Fsp3) is 0.692. The van der Waals surface area contributed by atoms with Gasteiger partial charge < -0.3 is 10.1 Å². The van der Waals surface area contributed by atoms with Gasteiger partial charge in [0.05, 0.1) is 19.2 Å². The van der Waals surface area contributed by atoms with E-state index in [0.717, 1.165) is 16.7 Å². The number of aryl methyl sites for hydroxylation is 1. The van der Waals surface area contributed by atoms with Gasteiger partial charge in [-0.2, -0.15) is 0 Å². The van der Waals surface area contributed by atoms with Crippen molar-refractivity contribution < 1.29 is 9.53 Å². The topological polar surface area (TPSA) is 51.2 Å². The van der Waals surface area contributed by atoms with Crippen molar-refractivity contribution in [1.29, 1.82) is 0 Å². The number of ether oxygens (including phenoxy) is 1. The molecular weight excluding hydrogens is 248 g/mol. The van der Waals surface area contributed by atoms with Gasteiger partial charge in [-0.05, 0) is 18.8 Å². The first-order chi connectivity index (χ1) is 8.72. The number of hydrogen-bond acceptors (Lipinski definition) is 5. The third kappa shape index (κ3) is 3.70. The zero-order chi connectivity index (χ0) is 13.0. The number of hydrogen-bond donors (Lipinski definition) is 1. The van der Waals surface area contributed by atoms with E-state index in [1.165, 1.54) is 26.4 Å². The predicted molar refractivity (Wildman–Crippen MR) is 72.9 cm³/mol. The Hall–Kier alpha value is -1.10. The highest BCUT2D eigenvalue weighted by Gasteiger charge is 2.36. The second-order valence-corrected chi connectivity index (χ2v) is 5.61. The van der Waals surface area contributed by atoms with Crippen LogP contribution < -0.4 is 5.32 Å². The summed E-state index contributed by atoms with van der Waals surface area (Å²) in [5.41, 5.74) is 0.973. The SMILES string of the molecule is CCCC1CC1Nc1nc(CCC(=O)OC)cs1. The molecule has 1 fully saturated rings. The smallest absolute Gasteiger partial charge is 0.305 e. The lowest BCUT2D eigenvalue weighted by atomic mass is 10.2. The predicted octanol–water partition coefficient (Wildman–Crippen LogP) is 2.85. The number of methoxy groups -OCH3 is 1. The number of rotatable bonds is 7. The number of thiazole rings is 1. The summed E-state index contributed by atoms with van der Waals surface area (Å²) in [4.78, 5) is 15.5. The average molecular weight is 268 g/mol. The first kappa shape index (κ1) is 13.3. The van der Waals surface area contributed by atoms with Gasteiger partial charge in [-0.25, -0.2) is 4.98 Å². The molecule has 2 rings (SSSR count). The molecule has 0 bridgehead atoms. The minimum atomic E-state index is -0.178. The van der Waals surface area contributed by atoms with Crippen LogP contribution in [0.1, 0.15) is 38.3 Å². The molecule has 1 aromatic rings. The first-order valence-corrected chi connectivity index (χ1v) is 7.38. The molecule has 1 N–H and O–H groups in total. The second-order valence-electron chi connectivity index (χ2n) is 4.76. The molecular formula is C13H20N2O2S. The number of carbonyl (C=O) groups excluding carboxylic acids is 1. The first-order valence-electron chi connectivity index (χ1n) is 6.50. The maximum Gasteiger partial charge on any atom is 0.305 e. The summed E-state index contributed by atoms with van der Waals surface area (Å²) in [6.45, 7) is 2.23. The van der Waals surface area contributed by atoms with Crippen molar-refractivity contribution in [3.8, 4) is 0 Å². The molecule has 1 aliphatic rings. The fourth-order valence-electron chi connectivity index (χ4n) is 2.09. The maximum absolute atomic E-state index is 11.0. The van der Waals surface area contributed by atoms with Crippen molar-refractivity contribution in [2.45, 2.75) is 45.1 Å². The van der Waals surface area contributed by atoms with E-state index in [9.17, 15) is 4.79 Å². The van der Waals surface area contributed by atoms with Gasteiger partial charge in [0.15, 0.2) is 5.13 Å². The number of anilines is 1. The van der Waals surface area contributed by atoms with Gasteiger partial charge in [0, 0.05) is 17.8 Å². The Morgan fingerprint density at radius 1 is 1.67 bits per heavy atom. The molecule has 100 valence electrons. The van der Waals surface area contributed by atoms with Crippen LogP contribution in [-0.4, -0.2) is 24.1 Å². The Morgan fingerprint density at radius 3 is 3.22 bits per heavy atom. The van der Waals surface area contributed by atoms with Gasteiger partial charge >= 0.3 is 5.97 Å². The zero-order valence-electron chi connectivity index (χ0n) is 10.9. The van der Waals surface area contributed by atoms with Gasteiger partial charge in [-0.3, -0.25) is 4.79 Å². The van der Waals surface area contributed by atoms with Crippen LogP contribution in [0, 0.1) is 5.92 Å². The Kier molecular flexibility index (Phi) is 4.58. The Morgan fingerprint density at radius 2 is 2.50 bits per heavy atom. The maximum atomic E-state index is 11.0. The summed E-state index contributed by atoms with van der Waals surface area (Å²) < 4.78 is 4.62. The number of nitrogens with one attached hydrogen (secondary N) is 1. The zero-order valence-corrected chi connectivity index (χ0v) is 11.8. The van der Waals surface area contributed by atoms with E-state index in [1.807, 2.05) is 5.38 Å². The van der Waals surface area contributed by atoms with Crippen molar-refractivity contribution in [3.05, 3.63) is 11.1 Å². The Labute approximate surface area is 112 Å². The third-order valence-corrected chi connectivity index (χ3v) is 4.08. The van der Waals surface area contributed by atoms with E-state index in [0.29, 0.717) is 18.9 Å². The van der Waals surface area contributed by atoms with E-state index in [-0.39, 0.29) is 5.97 Å². The highest BCUT2D eigenvalue weighted by Crippen LogP contribution is 2.37. The van der Waals surface area contributed by atoms with Crippen LogP contribution in [0.5, 0.6) is 0 Å². The van der Waals surface area contributed by atoms with E-state index < -0.39 is 0 Å². The van der Waals surface area contributed by atoms with Crippen molar-refractivity contribution >= 4 is 22.4 Å². The number of aromatic nitrogens is 1. The molecule has 18 heavy (non-hydrogen) atoms. The summed E-state index contributed by atoms with van der Waals surface area (Å²) in [5.74, 6) is 0.653.